The highest BCUT2D eigenvalue weighted by Gasteiger charge is 2.07. The molecule has 0 aliphatic heterocycles. The third kappa shape index (κ3) is 3.77. The van der Waals surface area contributed by atoms with E-state index in [2.05, 4.69) is 30.6 Å². The Morgan fingerprint density at radius 1 is 1.62 bits per heavy atom. The van der Waals surface area contributed by atoms with E-state index in [9.17, 15) is 4.79 Å². The van der Waals surface area contributed by atoms with Crippen molar-refractivity contribution in [3.63, 3.8) is 0 Å². The molecule has 0 saturated heterocycles. The van der Waals surface area contributed by atoms with E-state index in [1.54, 1.807) is 6.20 Å². The van der Waals surface area contributed by atoms with Crippen LogP contribution in [0.3, 0.4) is 0 Å². The van der Waals surface area contributed by atoms with Crippen LogP contribution in [0.2, 0.25) is 0 Å². The zero-order valence-electron chi connectivity index (χ0n) is 9.31. The van der Waals surface area contributed by atoms with Crippen LogP contribution in [0.1, 0.15) is 12.8 Å². The molecule has 0 spiro atoms. The van der Waals surface area contributed by atoms with Crippen molar-refractivity contribution in [2.75, 3.05) is 25.6 Å². The minimum absolute atomic E-state index is 0.185. The van der Waals surface area contributed by atoms with Crippen molar-refractivity contribution < 1.29 is 9.53 Å². The lowest BCUT2D eigenvalue weighted by atomic mass is 10.3. The Kier molecular flexibility index (Phi) is 5.18. The van der Waals surface area contributed by atoms with Crippen molar-refractivity contribution in [1.29, 1.82) is 0 Å². The van der Waals surface area contributed by atoms with Gasteiger partial charge in [-0.25, -0.2) is 9.97 Å². The lowest BCUT2D eigenvalue weighted by molar-refractivity contribution is -0.140. The van der Waals surface area contributed by atoms with Crippen LogP contribution < -0.4 is 4.90 Å². The Morgan fingerprint density at radius 2 is 2.38 bits per heavy atom. The first-order chi connectivity index (χ1) is 7.65. The summed E-state index contributed by atoms with van der Waals surface area (Å²) in [5.74, 6) is 0.634. The number of ether oxygens (including phenoxy) is 1. The standard InChI is InChI=1S/C10H14BrN3O2/c1-14(5-3-4-9(15)16-2)10-8(11)6-12-7-13-10/h6-7H,3-5H2,1-2H3. The summed E-state index contributed by atoms with van der Waals surface area (Å²) < 4.78 is 5.41. The molecule has 88 valence electrons. The molecule has 6 heteroatoms. The summed E-state index contributed by atoms with van der Waals surface area (Å²) in [6.45, 7) is 0.741. The Hall–Kier alpha value is -1.17. The average molecular weight is 288 g/mol. The van der Waals surface area contributed by atoms with E-state index in [4.69, 9.17) is 0 Å². The number of hydrogen-bond acceptors (Lipinski definition) is 5. The number of methoxy groups -OCH3 is 1. The molecule has 1 heterocycles. The Balaban J connectivity index is 2.44. The molecule has 0 radical (unpaired) electrons. The van der Waals surface area contributed by atoms with Crippen molar-refractivity contribution in [2.45, 2.75) is 12.8 Å². The van der Waals surface area contributed by atoms with E-state index in [0.717, 1.165) is 23.3 Å². The topological polar surface area (TPSA) is 55.3 Å². The van der Waals surface area contributed by atoms with E-state index in [1.807, 2.05) is 11.9 Å². The SMILES string of the molecule is COC(=O)CCCN(C)c1ncncc1Br. The number of aromatic nitrogens is 2. The first-order valence-corrected chi connectivity index (χ1v) is 5.68. The van der Waals surface area contributed by atoms with Crippen LogP contribution in [0.15, 0.2) is 17.0 Å². The molecule has 0 bridgehead atoms. The summed E-state index contributed by atoms with van der Waals surface area (Å²) in [5.41, 5.74) is 0. The number of halogens is 1. The van der Waals surface area contributed by atoms with Crippen molar-refractivity contribution in [3.05, 3.63) is 17.0 Å². The molecule has 1 aromatic heterocycles. The van der Waals surface area contributed by atoms with Gasteiger partial charge in [0.15, 0.2) is 0 Å². The lowest BCUT2D eigenvalue weighted by Gasteiger charge is -2.18. The van der Waals surface area contributed by atoms with Gasteiger partial charge < -0.3 is 9.64 Å². The van der Waals surface area contributed by atoms with E-state index < -0.39 is 0 Å². The minimum Gasteiger partial charge on any atom is -0.469 e. The normalized spacial score (nSPS) is 9.94. The van der Waals surface area contributed by atoms with Crippen molar-refractivity contribution in [3.8, 4) is 0 Å². The van der Waals surface area contributed by atoms with Crippen LogP contribution >= 0.6 is 15.9 Å². The molecule has 0 fully saturated rings. The molecule has 0 amide bonds. The molecule has 1 rings (SSSR count). The maximum atomic E-state index is 10.9. The second-order valence-electron chi connectivity index (χ2n) is 3.30. The number of esters is 1. The first-order valence-electron chi connectivity index (χ1n) is 4.88. The largest absolute Gasteiger partial charge is 0.469 e. The molecule has 0 atom stereocenters. The number of carbonyl (C=O) groups excluding carboxylic acids is 1. The maximum Gasteiger partial charge on any atom is 0.305 e. The van der Waals surface area contributed by atoms with Gasteiger partial charge in [-0.3, -0.25) is 4.79 Å². The highest BCUT2D eigenvalue weighted by molar-refractivity contribution is 9.10. The van der Waals surface area contributed by atoms with Crippen LogP contribution in [0, 0.1) is 0 Å². The summed E-state index contributed by atoms with van der Waals surface area (Å²) >= 11 is 3.37. The van der Waals surface area contributed by atoms with Gasteiger partial charge >= 0.3 is 5.97 Å². The zero-order valence-corrected chi connectivity index (χ0v) is 10.9. The summed E-state index contributed by atoms with van der Waals surface area (Å²) in [4.78, 5) is 20.9. The summed E-state index contributed by atoms with van der Waals surface area (Å²) in [6.07, 6.45) is 4.35. The fourth-order valence-electron chi connectivity index (χ4n) is 1.26. The number of hydrogen-bond donors (Lipinski definition) is 0. The van der Waals surface area contributed by atoms with Crippen LogP contribution in [0.4, 0.5) is 5.82 Å². The van der Waals surface area contributed by atoms with Crippen LogP contribution in [0.25, 0.3) is 0 Å². The average Bonchev–Trinajstić information content (AvgIpc) is 2.29. The Bertz CT molecular complexity index is 360. The molecule has 0 unspecified atom stereocenters. The van der Waals surface area contributed by atoms with Gasteiger partial charge in [-0.2, -0.15) is 0 Å². The summed E-state index contributed by atoms with van der Waals surface area (Å²) in [5, 5.41) is 0. The van der Waals surface area contributed by atoms with Crippen molar-refractivity contribution in [2.24, 2.45) is 0 Å². The molecule has 0 aliphatic rings. The predicted molar refractivity (Wildman–Crippen MR) is 64.3 cm³/mol. The predicted octanol–water partition coefficient (Wildman–Crippen LogP) is 1.63. The maximum absolute atomic E-state index is 10.9. The van der Waals surface area contributed by atoms with Crippen molar-refractivity contribution in [1.82, 2.24) is 9.97 Å². The molecule has 5 nitrogen and oxygen atoms in total. The Morgan fingerprint density at radius 3 is 3.00 bits per heavy atom. The van der Waals surface area contributed by atoms with Gasteiger partial charge in [0.1, 0.15) is 12.1 Å². The summed E-state index contributed by atoms with van der Waals surface area (Å²) in [7, 11) is 3.32. The van der Waals surface area contributed by atoms with Gasteiger partial charge in [-0.05, 0) is 22.4 Å². The van der Waals surface area contributed by atoms with Crippen molar-refractivity contribution >= 4 is 27.7 Å². The van der Waals surface area contributed by atoms with E-state index in [-0.39, 0.29) is 5.97 Å². The Labute approximate surface area is 103 Å². The molecule has 0 aliphatic carbocycles. The van der Waals surface area contributed by atoms with Crippen LogP contribution in [0.5, 0.6) is 0 Å². The number of rotatable bonds is 5. The van der Waals surface area contributed by atoms with Gasteiger partial charge in [0, 0.05) is 26.2 Å². The molecule has 0 saturated carbocycles. The highest BCUT2D eigenvalue weighted by Crippen LogP contribution is 2.20. The number of carbonyl (C=O) groups is 1. The van der Waals surface area contributed by atoms with Gasteiger partial charge in [0.25, 0.3) is 0 Å². The van der Waals surface area contributed by atoms with E-state index in [1.165, 1.54) is 13.4 Å². The lowest BCUT2D eigenvalue weighted by Crippen LogP contribution is -2.21. The monoisotopic (exact) mass is 287 g/mol. The second kappa shape index (κ2) is 6.42. The smallest absolute Gasteiger partial charge is 0.305 e. The van der Waals surface area contributed by atoms with Gasteiger partial charge in [-0.1, -0.05) is 0 Å². The van der Waals surface area contributed by atoms with E-state index >= 15 is 0 Å². The van der Waals surface area contributed by atoms with Gasteiger partial charge in [0.2, 0.25) is 0 Å². The third-order valence-electron chi connectivity index (χ3n) is 2.11. The fraction of sp³-hybridized carbons (Fsp3) is 0.500. The minimum atomic E-state index is -0.185. The molecule has 1 aromatic rings. The van der Waals surface area contributed by atoms with Gasteiger partial charge in [0.05, 0.1) is 11.6 Å². The first kappa shape index (κ1) is 12.9. The quantitative estimate of drug-likeness (QED) is 0.771. The zero-order chi connectivity index (χ0) is 12.0. The van der Waals surface area contributed by atoms with Gasteiger partial charge in [-0.15, -0.1) is 0 Å². The highest BCUT2D eigenvalue weighted by atomic mass is 79.9. The van der Waals surface area contributed by atoms with Crippen LogP contribution in [-0.2, 0) is 9.53 Å². The fourth-order valence-corrected chi connectivity index (χ4v) is 1.78. The second-order valence-corrected chi connectivity index (χ2v) is 4.15. The number of nitrogens with zero attached hydrogens (tertiary/aromatic N) is 3. The molecule has 0 N–H and O–H groups in total. The molecule has 16 heavy (non-hydrogen) atoms. The molecule has 0 aromatic carbocycles. The summed E-state index contributed by atoms with van der Waals surface area (Å²) in [6, 6.07) is 0. The third-order valence-corrected chi connectivity index (χ3v) is 2.67. The molecular weight excluding hydrogens is 274 g/mol. The molecular formula is C10H14BrN3O2. The number of anilines is 1. The van der Waals surface area contributed by atoms with Crippen LogP contribution in [-0.4, -0.2) is 36.6 Å². The van der Waals surface area contributed by atoms with E-state index in [0.29, 0.717) is 6.42 Å².